The molecule has 0 fully saturated rings. The van der Waals surface area contributed by atoms with E-state index >= 15 is 0 Å². The van der Waals surface area contributed by atoms with Gasteiger partial charge in [-0.2, -0.15) is 10.4 Å². The van der Waals surface area contributed by atoms with Crippen LogP contribution in [0.2, 0.25) is 0 Å². The molecule has 9 heteroatoms. The van der Waals surface area contributed by atoms with Crippen LogP contribution in [0.25, 0.3) is 0 Å². The van der Waals surface area contributed by atoms with Crippen LogP contribution in [0.5, 0.6) is 0 Å². The predicted octanol–water partition coefficient (Wildman–Crippen LogP) is 2.69. The van der Waals surface area contributed by atoms with Crippen LogP contribution < -0.4 is 5.32 Å². The average molecular weight is 410 g/mol. The SMILES string of the molecule is Cc1c(C(=O)N(C)C)sc(NC(=O)c2nn(C)c(C)c2Br)c1C#N. The average Bonchev–Trinajstić information content (AvgIpc) is 2.97. The highest BCUT2D eigenvalue weighted by atomic mass is 79.9. The van der Waals surface area contributed by atoms with Crippen LogP contribution in [0.1, 0.15) is 37.0 Å². The minimum Gasteiger partial charge on any atom is -0.344 e. The number of nitrogens with zero attached hydrogens (tertiary/aromatic N) is 4. The second kappa shape index (κ2) is 6.75. The molecule has 24 heavy (non-hydrogen) atoms. The molecule has 0 aliphatic heterocycles. The quantitative estimate of drug-likeness (QED) is 0.843. The maximum Gasteiger partial charge on any atom is 0.277 e. The molecule has 0 saturated heterocycles. The van der Waals surface area contributed by atoms with E-state index in [0.29, 0.717) is 25.5 Å². The molecule has 0 radical (unpaired) electrons. The van der Waals surface area contributed by atoms with E-state index in [0.717, 1.165) is 17.0 Å². The predicted molar refractivity (Wildman–Crippen MR) is 95.4 cm³/mol. The first-order valence-electron chi connectivity index (χ1n) is 6.94. The van der Waals surface area contributed by atoms with Crippen molar-refractivity contribution in [1.82, 2.24) is 14.7 Å². The van der Waals surface area contributed by atoms with Gasteiger partial charge in [0.05, 0.1) is 20.6 Å². The summed E-state index contributed by atoms with van der Waals surface area (Å²) in [4.78, 5) is 26.5. The summed E-state index contributed by atoms with van der Waals surface area (Å²) < 4.78 is 2.18. The number of nitriles is 1. The molecular weight excluding hydrogens is 394 g/mol. The van der Waals surface area contributed by atoms with Crippen LogP contribution in [0.15, 0.2) is 4.47 Å². The van der Waals surface area contributed by atoms with E-state index in [4.69, 9.17) is 0 Å². The summed E-state index contributed by atoms with van der Waals surface area (Å²) in [7, 11) is 5.01. The van der Waals surface area contributed by atoms with Gasteiger partial charge in [0.2, 0.25) is 0 Å². The number of amides is 2. The normalized spacial score (nSPS) is 10.4. The lowest BCUT2D eigenvalue weighted by atomic mass is 10.1. The Morgan fingerprint density at radius 3 is 2.46 bits per heavy atom. The molecule has 0 saturated carbocycles. The zero-order valence-electron chi connectivity index (χ0n) is 13.9. The topological polar surface area (TPSA) is 91.0 Å². The van der Waals surface area contributed by atoms with Crippen molar-refractivity contribution in [1.29, 1.82) is 5.26 Å². The van der Waals surface area contributed by atoms with Gasteiger partial charge in [-0.1, -0.05) is 0 Å². The Morgan fingerprint density at radius 1 is 1.38 bits per heavy atom. The first kappa shape index (κ1) is 18.2. The molecule has 2 heterocycles. The summed E-state index contributed by atoms with van der Waals surface area (Å²) in [6.45, 7) is 3.53. The summed E-state index contributed by atoms with van der Waals surface area (Å²) in [5, 5.41) is 16.6. The van der Waals surface area contributed by atoms with Gasteiger partial charge in [0.1, 0.15) is 11.1 Å². The number of hydrogen-bond donors (Lipinski definition) is 1. The number of carbonyl (C=O) groups excluding carboxylic acids is 2. The number of aromatic nitrogens is 2. The van der Waals surface area contributed by atoms with Crippen molar-refractivity contribution in [3.63, 3.8) is 0 Å². The molecule has 0 atom stereocenters. The third-order valence-electron chi connectivity index (χ3n) is 3.56. The maximum absolute atomic E-state index is 12.5. The molecule has 2 rings (SSSR count). The third-order valence-corrected chi connectivity index (χ3v) is 5.71. The minimum absolute atomic E-state index is 0.204. The van der Waals surface area contributed by atoms with E-state index in [1.54, 1.807) is 32.7 Å². The van der Waals surface area contributed by atoms with E-state index in [2.05, 4.69) is 32.4 Å². The van der Waals surface area contributed by atoms with Crippen molar-refractivity contribution < 1.29 is 9.59 Å². The summed E-state index contributed by atoms with van der Waals surface area (Å²) in [5.41, 5.74) is 1.90. The number of aryl methyl sites for hydroxylation is 1. The van der Waals surface area contributed by atoms with Gasteiger partial charge in [-0.05, 0) is 35.3 Å². The highest BCUT2D eigenvalue weighted by molar-refractivity contribution is 9.10. The Bertz CT molecular complexity index is 876. The molecule has 1 N–H and O–H groups in total. The zero-order chi connectivity index (χ0) is 18.2. The number of halogens is 1. The first-order valence-corrected chi connectivity index (χ1v) is 8.55. The number of carbonyl (C=O) groups is 2. The zero-order valence-corrected chi connectivity index (χ0v) is 16.3. The summed E-state index contributed by atoms with van der Waals surface area (Å²) in [6.07, 6.45) is 0. The monoisotopic (exact) mass is 409 g/mol. The highest BCUT2D eigenvalue weighted by Crippen LogP contribution is 2.34. The van der Waals surface area contributed by atoms with Gasteiger partial charge in [-0.3, -0.25) is 14.3 Å². The largest absolute Gasteiger partial charge is 0.344 e. The number of rotatable bonds is 3. The van der Waals surface area contributed by atoms with Gasteiger partial charge in [0.25, 0.3) is 11.8 Å². The second-order valence-corrected chi connectivity index (χ2v) is 7.21. The summed E-state index contributed by atoms with van der Waals surface area (Å²) in [6, 6.07) is 2.05. The van der Waals surface area contributed by atoms with Crippen LogP contribution in [0, 0.1) is 25.2 Å². The van der Waals surface area contributed by atoms with Crippen molar-refractivity contribution in [2.75, 3.05) is 19.4 Å². The van der Waals surface area contributed by atoms with Crippen LogP contribution in [-0.4, -0.2) is 40.6 Å². The molecule has 2 aromatic heterocycles. The smallest absolute Gasteiger partial charge is 0.277 e. The van der Waals surface area contributed by atoms with E-state index in [1.807, 2.05) is 6.92 Å². The van der Waals surface area contributed by atoms with Crippen LogP contribution >= 0.6 is 27.3 Å². The fourth-order valence-electron chi connectivity index (χ4n) is 2.03. The Balaban J connectivity index is 2.41. The van der Waals surface area contributed by atoms with Crippen molar-refractivity contribution in [2.45, 2.75) is 13.8 Å². The van der Waals surface area contributed by atoms with E-state index in [9.17, 15) is 14.9 Å². The van der Waals surface area contributed by atoms with Gasteiger partial charge < -0.3 is 10.2 Å². The third kappa shape index (κ3) is 3.07. The molecule has 0 bridgehead atoms. The lowest BCUT2D eigenvalue weighted by molar-refractivity contribution is 0.0831. The lowest BCUT2D eigenvalue weighted by Gasteiger charge is -2.08. The number of anilines is 1. The maximum atomic E-state index is 12.5. The van der Waals surface area contributed by atoms with Crippen molar-refractivity contribution in [3.8, 4) is 6.07 Å². The summed E-state index contributed by atoms with van der Waals surface area (Å²) in [5.74, 6) is -0.642. The molecule has 0 spiro atoms. The molecule has 0 aromatic carbocycles. The van der Waals surface area contributed by atoms with Crippen LogP contribution in [0.3, 0.4) is 0 Å². The van der Waals surface area contributed by atoms with Crippen molar-refractivity contribution in [2.24, 2.45) is 7.05 Å². The Labute approximate surface area is 152 Å². The molecule has 2 aromatic rings. The summed E-state index contributed by atoms with van der Waals surface area (Å²) >= 11 is 4.44. The minimum atomic E-state index is -0.438. The van der Waals surface area contributed by atoms with Gasteiger partial charge in [0, 0.05) is 21.1 Å². The van der Waals surface area contributed by atoms with E-state index in [1.165, 1.54) is 4.90 Å². The fourth-order valence-corrected chi connectivity index (χ4v) is 3.72. The first-order chi connectivity index (χ1) is 11.2. The number of nitrogens with one attached hydrogen (secondary N) is 1. The van der Waals surface area contributed by atoms with Gasteiger partial charge in [0.15, 0.2) is 5.69 Å². The van der Waals surface area contributed by atoms with Crippen molar-refractivity contribution >= 4 is 44.1 Å². The Kier molecular flexibility index (Phi) is 5.11. The van der Waals surface area contributed by atoms with E-state index in [-0.39, 0.29) is 11.6 Å². The van der Waals surface area contributed by atoms with Gasteiger partial charge >= 0.3 is 0 Å². The Morgan fingerprint density at radius 2 is 2.00 bits per heavy atom. The van der Waals surface area contributed by atoms with Crippen LogP contribution in [-0.2, 0) is 7.05 Å². The molecule has 0 aliphatic rings. The standard InChI is InChI=1S/C15H16BrN5O2S/c1-7-9(6-17)14(24-12(7)15(23)20(3)4)18-13(22)11-10(16)8(2)21(5)19-11/h1-5H3,(H,18,22). The van der Waals surface area contributed by atoms with Gasteiger partial charge in [-0.25, -0.2) is 0 Å². The molecule has 7 nitrogen and oxygen atoms in total. The molecule has 0 unspecified atom stereocenters. The highest BCUT2D eigenvalue weighted by Gasteiger charge is 2.24. The van der Waals surface area contributed by atoms with Crippen LogP contribution in [0.4, 0.5) is 5.00 Å². The molecule has 0 aliphatic carbocycles. The van der Waals surface area contributed by atoms with E-state index < -0.39 is 5.91 Å². The van der Waals surface area contributed by atoms with Gasteiger partial charge in [-0.15, -0.1) is 11.3 Å². The second-order valence-electron chi connectivity index (χ2n) is 5.40. The Hall–Kier alpha value is -2.18. The molecule has 126 valence electrons. The number of hydrogen-bond acceptors (Lipinski definition) is 5. The lowest BCUT2D eigenvalue weighted by Crippen LogP contribution is -2.21. The molecule has 2 amide bonds. The molecular formula is C15H16BrN5O2S. The number of thiophene rings is 1. The van der Waals surface area contributed by atoms with Crippen molar-refractivity contribution in [3.05, 3.63) is 31.9 Å². The fraction of sp³-hybridized carbons (Fsp3) is 0.333.